The van der Waals surface area contributed by atoms with Gasteiger partial charge in [-0.15, -0.1) is 0 Å². The maximum atomic E-state index is 12.6. The minimum Gasteiger partial charge on any atom is -0.343 e. The van der Waals surface area contributed by atoms with Crippen LogP contribution in [0.5, 0.6) is 0 Å². The van der Waals surface area contributed by atoms with Gasteiger partial charge in [-0.3, -0.25) is 9.59 Å². The summed E-state index contributed by atoms with van der Waals surface area (Å²) in [6, 6.07) is 6.24. The SMILES string of the molecule is CC(C(=O)NC1CCCN(c2ccccc2Cl)C1=O)S(C)(=O)=O. The number of carbonyl (C=O) groups is 2. The molecular weight excluding hydrogens is 340 g/mol. The smallest absolute Gasteiger partial charge is 0.249 e. The van der Waals surface area contributed by atoms with Crippen LogP contribution in [0.3, 0.4) is 0 Å². The average molecular weight is 359 g/mol. The molecule has 2 atom stereocenters. The number of anilines is 1. The third-order valence-corrected chi connectivity index (χ3v) is 5.73. The molecule has 1 heterocycles. The number of piperidine rings is 1. The van der Waals surface area contributed by atoms with E-state index in [9.17, 15) is 18.0 Å². The molecule has 1 N–H and O–H groups in total. The number of carbonyl (C=O) groups excluding carboxylic acids is 2. The summed E-state index contributed by atoms with van der Waals surface area (Å²) in [5.41, 5.74) is 0.592. The molecule has 0 spiro atoms. The van der Waals surface area contributed by atoms with Gasteiger partial charge < -0.3 is 10.2 Å². The van der Waals surface area contributed by atoms with Crippen molar-refractivity contribution in [3.63, 3.8) is 0 Å². The summed E-state index contributed by atoms with van der Waals surface area (Å²) in [7, 11) is -3.50. The van der Waals surface area contributed by atoms with Crippen LogP contribution < -0.4 is 10.2 Å². The van der Waals surface area contributed by atoms with E-state index in [0.717, 1.165) is 6.26 Å². The van der Waals surface area contributed by atoms with Crippen LogP contribution in [0.25, 0.3) is 0 Å². The molecule has 0 radical (unpaired) electrons. The molecule has 2 rings (SSSR count). The van der Waals surface area contributed by atoms with Gasteiger partial charge in [-0.25, -0.2) is 8.42 Å². The molecule has 1 fully saturated rings. The number of rotatable bonds is 4. The van der Waals surface area contributed by atoms with E-state index in [0.29, 0.717) is 30.1 Å². The highest BCUT2D eigenvalue weighted by molar-refractivity contribution is 7.92. The van der Waals surface area contributed by atoms with Crippen LogP contribution in [0.4, 0.5) is 5.69 Å². The average Bonchev–Trinajstić information content (AvgIpc) is 2.48. The van der Waals surface area contributed by atoms with E-state index in [4.69, 9.17) is 11.6 Å². The Balaban J connectivity index is 2.15. The lowest BCUT2D eigenvalue weighted by molar-refractivity contribution is -0.128. The fraction of sp³-hybridized carbons (Fsp3) is 0.467. The fourth-order valence-corrected chi connectivity index (χ4v) is 3.10. The number of hydrogen-bond acceptors (Lipinski definition) is 4. The molecule has 1 aromatic carbocycles. The lowest BCUT2D eigenvalue weighted by Gasteiger charge is -2.33. The number of amides is 2. The predicted octanol–water partition coefficient (Wildman–Crippen LogP) is 1.38. The monoisotopic (exact) mass is 358 g/mol. The Morgan fingerprint density at radius 1 is 1.39 bits per heavy atom. The van der Waals surface area contributed by atoms with Gasteiger partial charge in [0.25, 0.3) is 0 Å². The number of nitrogens with zero attached hydrogens (tertiary/aromatic N) is 1. The van der Waals surface area contributed by atoms with Crippen LogP contribution in [0.1, 0.15) is 19.8 Å². The lowest BCUT2D eigenvalue weighted by Crippen LogP contribution is -2.54. The Bertz CT molecular complexity index is 720. The van der Waals surface area contributed by atoms with E-state index in [1.807, 2.05) is 0 Å². The van der Waals surface area contributed by atoms with Crippen LogP contribution in [0, 0.1) is 0 Å². The number of para-hydroxylation sites is 1. The number of hydrogen-bond donors (Lipinski definition) is 1. The molecule has 126 valence electrons. The highest BCUT2D eigenvalue weighted by Crippen LogP contribution is 2.28. The fourth-order valence-electron chi connectivity index (χ4n) is 2.40. The first-order chi connectivity index (χ1) is 10.7. The topological polar surface area (TPSA) is 83.6 Å². The highest BCUT2D eigenvalue weighted by atomic mass is 35.5. The molecule has 1 aliphatic rings. The Morgan fingerprint density at radius 2 is 2.04 bits per heavy atom. The van der Waals surface area contributed by atoms with Gasteiger partial charge >= 0.3 is 0 Å². The normalized spacial score (nSPS) is 20.2. The maximum Gasteiger partial charge on any atom is 0.249 e. The molecule has 2 amide bonds. The number of sulfone groups is 1. The molecule has 1 saturated heterocycles. The van der Waals surface area contributed by atoms with E-state index in [2.05, 4.69) is 5.32 Å². The van der Waals surface area contributed by atoms with Crippen molar-refractivity contribution in [2.45, 2.75) is 31.1 Å². The first kappa shape index (κ1) is 17.7. The van der Waals surface area contributed by atoms with Crippen LogP contribution in [0.2, 0.25) is 5.02 Å². The highest BCUT2D eigenvalue weighted by Gasteiger charge is 2.34. The van der Waals surface area contributed by atoms with Gasteiger partial charge in [-0.1, -0.05) is 23.7 Å². The number of benzene rings is 1. The second-order valence-electron chi connectivity index (χ2n) is 5.62. The van der Waals surface area contributed by atoms with Crippen molar-refractivity contribution in [1.29, 1.82) is 0 Å². The Kier molecular flexibility index (Phi) is 5.31. The quantitative estimate of drug-likeness (QED) is 0.881. The molecule has 0 bridgehead atoms. The Morgan fingerprint density at radius 3 is 2.65 bits per heavy atom. The third-order valence-electron chi connectivity index (χ3n) is 3.91. The molecule has 1 aliphatic heterocycles. The summed E-state index contributed by atoms with van der Waals surface area (Å²) < 4.78 is 22.9. The molecule has 8 heteroatoms. The predicted molar refractivity (Wildman–Crippen MR) is 89.3 cm³/mol. The minimum atomic E-state index is -3.50. The summed E-state index contributed by atoms with van der Waals surface area (Å²) in [4.78, 5) is 26.1. The lowest BCUT2D eigenvalue weighted by atomic mass is 10.0. The summed E-state index contributed by atoms with van der Waals surface area (Å²) >= 11 is 6.13. The van der Waals surface area contributed by atoms with Crippen molar-refractivity contribution in [2.24, 2.45) is 0 Å². The standard InChI is InChI=1S/C15H19ClN2O4S/c1-10(23(2,21)22)14(19)17-12-7-5-9-18(15(12)20)13-8-4-3-6-11(13)16/h3-4,6,8,10,12H,5,7,9H2,1-2H3,(H,17,19). The van der Waals surface area contributed by atoms with Gasteiger partial charge in [0.2, 0.25) is 11.8 Å². The number of nitrogens with one attached hydrogen (secondary N) is 1. The van der Waals surface area contributed by atoms with E-state index in [1.165, 1.54) is 11.8 Å². The molecular formula is C15H19ClN2O4S. The van der Waals surface area contributed by atoms with Gasteiger partial charge in [0.15, 0.2) is 9.84 Å². The van der Waals surface area contributed by atoms with Crippen LogP contribution in [-0.4, -0.2) is 44.3 Å². The largest absolute Gasteiger partial charge is 0.343 e. The Labute approximate surface area is 140 Å². The zero-order valence-corrected chi connectivity index (χ0v) is 14.5. The molecule has 2 unspecified atom stereocenters. The van der Waals surface area contributed by atoms with E-state index in [-0.39, 0.29) is 5.91 Å². The van der Waals surface area contributed by atoms with Crippen molar-refractivity contribution in [2.75, 3.05) is 17.7 Å². The summed E-state index contributed by atoms with van der Waals surface area (Å²) in [6.45, 7) is 1.82. The zero-order chi connectivity index (χ0) is 17.2. The van der Waals surface area contributed by atoms with Crippen molar-refractivity contribution in [3.8, 4) is 0 Å². The molecule has 0 saturated carbocycles. The third kappa shape index (κ3) is 4.03. The van der Waals surface area contributed by atoms with Crippen LogP contribution in [-0.2, 0) is 19.4 Å². The van der Waals surface area contributed by atoms with Gasteiger partial charge in [0.05, 0.1) is 10.7 Å². The summed E-state index contributed by atoms with van der Waals surface area (Å²) in [5.74, 6) is -0.940. The van der Waals surface area contributed by atoms with E-state index in [1.54, 1.807) is 24.3 Å². The van der Waals surface area contributed by atoms with Crippen molar-refractivity contribution < 1.29 is 18.0 Å². The molecule has 6 nitrogen and oxygen atoms in total. The van der Waals surface area contributed by atoms with E-state index < -0.39 is 27.0 Å². The molecule has 0 aromatic heterocycles. The Hall–Kier alpha value is -1.60. The van der Waals surface area contributed by atoms with Crippen molar-refractivity contribution >= 4 is 38.9 Å². The molecule has 0 aliphatic carbocycles. The zero-order valence-electron chi connectivity index (χ0n) is 13.0. The summed E-state index contributed by atoms with van der Waals surface area (Å²) in [5, 5.41) is 1.81. The van der Waals surface area contributed by atoms with Gasteiger partial charge in [-0.05, 0) is 31.9 Å². The molecule has 1 aromatic rings. The first-order valence-corrected chi connectivity index (χ1v) is 9.60. The maximum absolute atomic E-state index is 12.6. The first-order valence-electron chi connectivity index (χ1n) is 7.27. The van der Waals surface area contributed by atoms with Gasteiger partial charge in [-0.2, -0.15) is 0 Å². The van der Waals surface area contributed by atoms with E-state index >= 15 is 0 Å². The summed E-state index contributed by atoms with van der Waals surface area (Å²) in [6.07, 6.45) is 2.16. The molecule has 23 heavy (non-hydrogen) atoms. The minimum absolute atomic E-state index is 0.279. The van der Waals surface area contributed by atoms with Gasteiger partial charge in [0.1, 0.15) is 11.3 Å². The van der Waals surface area contributed by atoms with Gasteiger partial charge in [0, 0.05) is 12.8 Å². The van der Waals surface area contributed by atoms with Crippen LogP contribution >= 0.6 is 11.6 Å². The second kappa shape index (κ2) is 6.88. The van der Waals surface area contributed by atoms with Crippen molar-refractivity contribution in [3.05, 3.63) is 29.3 Å². The van der Waals surface area contributed by atoms with Crippen molar-refractivity contribution in [1.82, 2.24) is 5.32 Å². The second-order valence-corrected chi connectivity index (χ2v) is 8.39. The van der Waals surface area contributed by atoms with Crippen LogP contribution in [0.15, 0.2) is 24.3 Å². The number of halogens is 1.